The number of anilines is 1. The lowest BCUT2D eigenvalue weighted by atomic mass is 10.1. The van der Waals surface area contributed by atoms with Gasteiger partial charge in [-0.2, -0.15) is 23.4 Å². The number of amides is 1. The fourth-order valence-corrected chi connectivity index (χ4v) is 4.02. The smallest absolute Gasteiger partial charge is 0.433 e. The molecule has 0 saturated heterocycles. The maximum absolute atomic E-state index is 14.0. The zero-order chi connectivity index (χ0) is 27.0. The van der Waals surface area contributed by atoms with Gasteiger partial charge in [-0.05, 0) is 24.3 Å². The molecule has 5 aromatic rings. The maximum Gasteiger partial charge on any atom is 0.433 e. The summed E-state index contributed by atoms with van der Waals surface area (Å²) in [5.74, 6) is -0.860. The molecule has 0 aliphatic carbocycles. The van der Waals surface area contributed by atoms with E-state index in [1.807, 2.05) is 0 Å². The van der Waals surface area contributed by atoms with Crippen LogP contribution in [0.4, 0.5) is 23.2 Å². The summed E-state index contributed by atoms with van der Waals surface area (Å²) >= 11 is 6.33. The van der Waals surface area contributed by atoms with E-state index in [1.54, 1.807) is 36.4 Å². The van der Waals surface area contributed by atoms with Gasteiger partial charge in [0.25, 0.3) is 5.91 Å². The van der Waals surface area contributed by atoms with Crippen LogP contribution in [0, 0.1) is 5.82 Å². The molecule has 0 saturated carbocycles. The van der Waals surface area contributed by atoms with Gasteiger partial charge in [0.05, 0.1) is 31.2 Å². The molecule has 1 amide bonds. The average Bonchev–Trinajstić information content (AvgIpc) is 3.48. The molecule has 0 aliphatic heterocycles. The van der Waals surface area contributed by atoms with Crippen molar-refractivity contribution in [2.24, 2.45) is 0 Å². The Hall–Kier alpha value is -4.45. The van der Waals surface area contributed by atoms with Crippen molar-refractivity contribution < 1.29 is 27.1 Å². The van der Waals surface area contributed by atoms with Crippen molar-refractivity contribution in [1.29, 1.82) is 0 Å². The summed E-state index contributed by atoms with van der Waals surface area (Å²) < 4.78 is 62.8. The topological polar surface area (TPSA) is 86.3 Å². The lowest BCUT2D eigenvalue weighted by Gasteiger charge is -2.11. The van der Waals surface area contributed by atoms with Crippen LogP contribution in [0.15, 0.2) is 67.0 Å². The van der Waals surface area contributed by atoms with E-state index in [4.69, 9.17) is 16.3 Å². The maximum atomic E-state index is 14.0. The van der Waals surface area contributed by atoms with Crippen LogP contribution in [-0.2, 0) is 12.7 Å². The number of alkyl halides is 3. The van der Waals surface area contributed by atoms with Gasteiger partial charge in [-0.15, -0.1) is 0 Å². The second kappa shape index (κ2) is 9.78. The number of carbonyl (C=O) groups is 1. The molecule has 0 unspecified atom stereocenters. The fraction of sp³-hybridized carbons (Fsp3) is 0.120. The largest absolute Gasteiger partial charge is 0.497 e. The predicted molar refractivity (Wildman–Crippen MR) is 131 cm³/mol. The molecule has 0 atom stereocenters. The summed E-state index contributed by atoms with van der Waals surface area (Å²) in [5, 5.41) is 10.0. The first-order valence-corrected chi connectivity index (χ1v) is 11.4. The van der Waals surface area contributed by atoms with Crippen molar-refractivity contribution in [3.8, 4) is 17.0 Å². The van der Waals surface area contributed by atoms with Crippen molar-refractivity contribution in [3.05, 3.63) is 94.8 Å². The first kappa shape index (κ1) is 25.2. The molecule has 38 heavy (non-hydrogen) atoms. The average molecular weight is 545 g/mol. The molecule has 0 radical (unpaired) electrons. The number of aromatic nitrogens is 5. The van der Waals surface area contributed by atoms with Crippen LogP contribution in [0.25, 0.3) is 16.9 Å². The third-order valence-electron chi connectivity index (χ3n) is 5.59. The molecule has 2 aromatic carbocycles. The standard InChI is InChI=1S/C25H17ClF4N6O2/c1-38-17-7-4-6-14(9-17)19-10-20(25(28,29)30)36-23(33-19)21(26)22(34-36)24(37)32-16-11-31-35(13-16)12-15-5-2-3-8-18(15)27/h2-11,13H,12H2,1H3,(H,32,37). The Kier molecular flexibility index (Phi) is 6.49. The number of halogens is 5. The van der Waals surface area contributed by atoms with Crippen LogP contribution in [0.5, 0.6) is 5.75 Å². The van der Waals surface area contributed by atoms with Gasteiger partial charge in [0, 0.05) is 17.3 Å². The Morgan fingerprint density at radius 2 is 1.92 bits per heavy atom. The van der Waals surface area contributed by atoms with E-state index >= 15 is 0 Å². The van der Waals surface area contributed by atoms with Crippen LogP contribution in [0.3, 0.4) is 0 Å². The number of rotatable bonds is 6. The first-order valence-electron chi connectivity index (χ1n) is 11.0. The molecule has 1 N–H and O–H groups in total. The van der Waals surface area contributed by atoms with Gasteiger partial charge in [-0.25, -0.2) is 13.9 Å². The third kappa shape index (κ3) is 4.90. The van der Waals surface area contributed by atoms with E-state index in [9.17, 15) is 22.4 Å². The molecule has 13 heteroatoms. The molecular weight excluding hydrogens is 528 g/mol. The summed E-state index contributed by atoms with van der Waals surface area (Å²) in [4.78, 5) is 17.2. The van der Waals surface area contributed by atoms with Crippen molar-refractivity contribution in [3.63, 3.8) is 0 Å². The van der Waals surface area contributed by atoms with Crippen molar-refractivity contribution in [1.82, 2.24) is 24.4 Å². The lowest BCUT2D eigenvalue weighted by molar-refractivity contribution is -0.142. The number of hydrogen-bond donors (Lipinski definition) is 1. The van der Waals surface area contributed by atoms with E-state index in [-0.39, 0.29) is 28.6 Å². The van der Waals surface area contributed by atoms with Crippen molar-refractivity contribution in [2.75, 3.05) is 12.4 Å². The van der Waals surface area contributed by atoms with Gasteiger partial charge in [-0.3, -0.25) is 9.48 Å². The Balaban J connectivity index is 1.48. The zero-order valence-corrected chi connectivity index (χ0v) is 20.3. The molecule has 8 nitrogen and oxygen atoms in total. The second-order valence-corrected chi connectivity index (χ2v) is 8.50. The molecule has 0 fully saturated rings. The molecule has 3 aromatic heterocycles. The number of benzene rings is 2. The van der Waals surface area contributed by atoms with Crippen LogP contribution >= 0.6 is 11.6 Å². The Labute approximate surface area is 217 Å². The number of methoxy groups -OCH3 is 1. The van der Waals surface area contributed by atoms with E-state index in [2.05, 4.69) is 20.5 Å². The minimum Gasteiger partial charge on any atom is -0.497 e. The third-order valence-corrected chi connectivity index (χ3v) is 5.93. The highest BCUT2D eigenvalue weighted by atomic mass is 35.5. The monoisotopic (exact) mass is 544 g/mol. The fourth-order valence-electron chi connectivity index (χ4n) is 3.77. The van der Waals surface area contributed by atoms with Gasteiger partial charge >= 0.3 is 6.18 Å². The number of nitrogens with one attached hydrogen (secondary N) is 1. The van der Waals surface area contributed by atoms with Gasteiger partial charge in [-0.1, -0.05) is 41.9 Å². The van der Waals surface area contributed by atoms with Gasteiger partial charge in [0.2, 0.25) is 0 Å². The molecule has 0 spiro atoms. The first-order chi connectivity index (χ1) is 18.1. The van der Waals surface area contributed by atoms with Crippen LogP contribution < -0.4 is 10.1 Å². The number of ether oxygens (including phenoxy) is 1. The summed E-state index contributed by atoms with van der Waals surface area (Å²) in [7, 11) is 1.43. The molecular formula is C25H17ClF4N6O2. The molecule has 3 heterocycles. The summed E-state index contributed by atoms with van der Waals surface area (Å²) in [6.45, 7) is 0.101. The van der Waals surface area contributed by atoms with Crippen LogP contribution in [-0.4, -0.2) is 37.4 Å². The number of nitrogens with zero attached hydrogens (tertiary/aromatic N) is 5. The molecule has 194 valence electrons. The van der Waals surface area contributed by atoms with Crippen LogP contribution in [0.2, 0.25) is 5.02 Å². The highest BCUT2D eigenvalue weighted by molar-refractivity contribution is 6.37. The molecule has 0 bridgehead atoms. The van der Waals surface area contributed by atoms with Crippen molar-refractivity contribution in [2.45, 2.75) is 12.7 Å². The van der Waals surface area contributed by atoms with E-state index in [0.29, 0.717) is 21.4 Å². The Morgan fingerprint density at radius 3 is 2.66 bits per heavy atom. The summed E-state index contributed by atoms with van der Waals surface area (Å²) in [5.41, 5.74) is -1.07. The molecule has 5 rings (SSSR count). The van der Waals surface area contributed by atoms with E-state index < -0.39 is 29.3 Å². The highest BCUT2D eigenvalue weighted by Crippen LogP contribution is 2.35. The normalized spacial score (nSPS) is 11.6. The van der Waals surface area contributed by atoms with Gasteiger partial charge in [0.1, 0.15) is 16.6 Å². The highest BCUT2D eigenvalue weighted by Gasteiger charge is 2.36. The Bertz CT molecular complexity index is 1660. The number of hydrogen-bond acceptors (Lipinski definition) is 5. The minimum absolute atomic E-state index is 0.0353. The lowest BCUT2D eigenvalue weighted by Crippen LogP contribution is -2.15. The molecule has 0 aliphatic rings. The SMILES string of the molecule is COc1cccc(-c2cc(C(F)(F)F)n3nc(C(=O)Nc4cnn(Cc5ccccc5F)c4)c(Cl)c3n2)c1. The second-order valence-electron chi connectivity index (χ2n) is 8.13. The van der Waals surface area contributed by atoms with Gasteiger partial charge < -0.3 is 10.1 Å². The summed E-state index contributed by atoms with van der Waals surface area (Å²) in [6.07, 6.45) is -2.08. The minimum atomic E-state index is -4.83. The summed E-state index contributed by atoms with van der Waals surface area (Å²) in [6, 6.07) is 13.3. The van der Waals surface area contributed by atoms with Gasteiger partial charge in [0.15, 0.2) is 17.0 Å². The van der Waals surface area contributed by atoms with Crippen molar-refractivity contribution >= 4 is 28.8 Å². The van der Waals surface area contributed by atoms with E-state index in [0.717, 1.165) is 6.07 Å². The number of fused-ring (bicyclic) bond motifs is 1. The number of carbonyl (C=O) groups excluding carboxylic acids is 1. The quantitative estimate of drug-likeness (QED) is 0.277. The Morgan fingerprint density at radius 1 is 1.13 bits per heavy atom. The van der Waals surface area contributed by atoms with Crippen LogP contribution in [0.1, 0.15) is 21.7 Å². The van der Waals surface area contributed by atoms with E-state index in [1.165, 1.54) is 36.3 Å². The predicted octanol–water partition coefficient (Wildman–Crippen LogP) is 5.71. The zero-order valence-electron chi connectivity index (χ0n) is 19.5.